The van der Waals surface area contributed by atoms with Crippen LogP contribution in [0.5, 0.6) is 0 Å². The van der Waals surface area contributed by atoms with Gasteiger partial charge in [0.15, 0.2) is 5.13 Å². The zero-order chi connectivity index (χ0) is 21.4. The van der Waals surface area contributed by atoms with Crippen LogP contribution in [0.3, 0.4) is 0 Å². The number of rotatable bonds is 4. The standard InChI is InChI=1S/C24H24N4O2S/c1-15-18-5-3-4-6-20(18)25-16(2)19(15)14-23(29)26-17-7-8-21-22(13-17)31-24(27-21)28-9-11-30-12-10-28/h3-8,13H,9-12,14H2,1-2H3,(H,26,29). The molecular formula is C24H24N4O2S. The van der Waals surface area contributed by atoms with Gasteiger partial charge in [-0.3, -0.25) is 9.78 Å². The van der Waals surface area contributed by atoms with E-state index in [0.29, 0.717) is 6.42 Å². The molecule has 0 saturated carbocycles. The number of nitrogens with zero attached hydrogens (tertiary/aromatic N) is 3. The summed E-state index contributed by atoms with van der Waals surface area (Å²) in [4.78, 5) is 24.5. The number of pyridine rings is 1. The lowest BCUT2D eigenvalue weighted by Crippen LogP contribution is -2.36. The van der Waals surface area contributed by atoms with Crippen molar-refractivity contribution in [2.45, 2.75) is 20.3 Å². The molecule has 0 aliphatic carbocycles. The molecule has 0 radical (unpaired) electrons. The summed E-state index contributed by atoms with van der Waals surface area (Å²) in [6.45, 7) is 7.23. The number of carbonyl (C=O) groups is 1. The number of para-hydroxylation sites is 1. The van der Waals surface area contributed by atoms with Crippen LogP contribution < -0.4 is 10.2 Å². The topological polar surface area (TPSA) is 67.4 Å². The Kier molecular flexibility index (Phi) is 5.29. The Bertz CT molecular complexity index is 1280. The Balaban J connectivity index is 1.35. The van der Waals surface area contributed by atoms with E-state index in [1.807, 2.05) is 43.3 Å². The molecule has 6 nitrogen and oxygen atoms in total. The average molecular weight is 433 g/mol. The van der Waals surface area contributed by atoms with Crippen molar-refractivity contribution in [3.63, 3.8) is 0 Å². The maximum atomic E-state index is 12.8. The van der Waals surface area contributed by atoms with Crippen molar-refractivity contribution < 1.29 is 9.53 Å². The van der Waals surface area contributed by atoms with E-state index >= 15 is 0 Å². The molecule has 2 aromatic heterocycles. The number of anilines is 2. The van der Waals surface area contributed by atoms with Crippen LogP contribution in [0.15, 0.2) is 42.5 Å². The summed E-state index contributed by atoms with van der Waals surface area (Å²) in [7, 11) is 0. The Morgan fingerprint density at radius 3 is 2.74 bits per heavy atom. The highest BCUT2D eigenvalue weighted by Gasteiger charge is 2.17. The molecule has 158 valence electrons. The van der Waals surface area contributed by atoms with E-state index in [1.165, 1.54) is 0 Å². The molecule has 2 aromatic carbocycles. The SMILES string of the molecule is Cc1nc2ccccc2c(C)c1CC(=O)Nc1ccc2nc(N3CCOCC3)sc2c1. The fourth-order valence-electron chi connectivity index (χ4n) is 4.08. The van der Waals surface area contributed by atoms with Crippen LogP contribution in [0.2, 0.25) is 0 Å². The number of aromatic nitrogens is 2. The zero-order valence-corrected chi connectivity index (χ0v) is 18.5. The number of hydrogen-bond acceptors (Lipinski definition) is 6. The lowest BCUT2D eigenvalue weighted by molar-refractivity contribution is -0.115. The molecule has 0 atom stereocenters. The van der Waals surface area contributed by atoms with Crippen molar-refractivity contribution in [3.05, 3.63) is 59.3 Å². The third kappa shape index (κ3) is 3.98. The highest BCUT2D eigenvalue weighted by Crippen LogP contribution is 2.31. The first kappa shape index (κ1) is 19.9. The van der Waals surface area contributed by atoms with Crippen molar-refractivity contribution >= 4 is 49.2 Å². The van der Waals surface area contributed by atoms with E-state index in [-0.39, 0.29) is 5.91 Å². The van der Waals surface area contributed by atoms with Gasteiger partial charge in [-0.15, -0.1) is 0 Å². The molecule has 1 amide bonds. The molecule has 1 saturated heterocycles. The van der Waals surface area contributed by atoms with E-state index in [2.05, 4.69) is 28.2 Å². The smallest absolute Gasteiger partial charge is 0.228 e. The van der Waals surface area contributed by atoms with Gasteiger partial charge in [0.1, 0.15) is 0 Å². The van der Waals surface area contributed by atoms with Crippen LogP contribution in [0, 0.1) is 13.8 Å². The lowest BCUT2D eigenvalue weighted by atomic mass is 9.99. The quantitative estimate of drug-likeness (QED) is 0.515. The number of nitrogens with one attached hydrogen (secondary N) is 1. The van der Waals surface area contributed by atoms with Crippen LogP contribution in [0.1, 0.15) is 16.8 Å². The number of hydrogen-bond donors (Lipinski definition) is 1. The van der Waals surface area contributed by atoms with Crippen molar-refractivity contribution in [2.75, 3.05) is 36.5 Å². The Labute approximate surface area is 184 Å². The van der Waals surface area contributed by atoms with Gasteiger partial charge in [-0.1, -0.05) is 29.5 Å². The summed E-state index contributed by atoms with van der Waals surface area (Å²) in [5.41, 5.74) is 5.72. The molecule has 3 heterocycles. The molecule has 1 aliphatic heterocycles. The van der Waals surface area contributed by atoms with Crippen LogP contribution in [0.4, 0.5) is 10.8 Å². The number of carbonyl (C=O) groups excluding carboxylic acids is 1. The molecule has 0 spiro atoms. The van der Waals surface area contributed by atoms with E-state index in [9.17, 15) is 4.79 Å². The molecule has 1 N–H and O–H groups in total. The van der Waals surface area contributed by atoms with Crippen molar-refractivity contribution in [2.24, 2.45) is 0 Å². The van der Waals surface area contributed by atoms with Crippen LogP contribution in [-0.2, 0) is 16.0 Å². The summed E-state index contributed by atoms with van der Waals surface area (Å²) in [6.07, 6.45) is 0.301. The minimum atomic E-state index is -0.0412. The van der Waals surface area contributed by atoms with Crippen molar-refractivity contribution in [3.8, 4) is 0 Å². The third-order valence-corrected chi connectivity index (χ3v) is 6.84. The molecule has 0 unspecified atom stereocenters. The van der Waals surface area contributed by atoms with Crippen LogP contribution in [-0.4, -0.2) is 42.2 Å². The highest BCUT2D eigenvalue weighted by atomic mass is 32.1. The van der Waals surface area contributed by atoms with E-state index in [0.717, 1.165) is 75.1 Å². The molecule has 0 bridgehead atoms. The first-order chi connectivity index (χ1) is 15.1. The summed E-state index contributed by atoms with van der Waals surface area (Å²) in [6, 6.07) is 14.0. The second-order valence-corrected chi connectivity index (χ2v) is 8.83. The predicted molar refractivity (Wildman–Crippen MR) is 126 cm³/mol. The lowest BCUT2D eigenvalue weighted by Gasteiger charge is -2.25. The van der Waals surface area contributed by atoms with E-state index < -0.39 is 0 Å². The Morgan fingerprint density at radius 1 is 1.10 bits per heavy atom. The number of aryl methyl sites for hydroxylation is 2. The van der Waals surface area contributed by atoms with E-state index in [1.54, 1.807) is 11.3 Å². The Morgan fingerprint density at radius 2 is 1.90 bits per heavy atom. The number of thiazole rings is 1. The second-order valence-electron chi connectivity index (χ2n) is 7.82. The zero-order valence-electron chi connectivity index (χ0n) is 17.6. The Hall–Kier alpha value is -3.03. The summed E-state index contributed by atoms with van der Waals surface area (Å²) >= 11 is 1.65. The molecule has 1 aliphatic rings. The monoisotopic (exact) mass is 432 g/mol. The van der Waals surface area contributed by atoms with Gasteiger partial charge >= 0.3 is 0 Å². The predicted octanol–water partition coefficient (Wildman–Crippen LogP) is 4.48. The number of amides is 1. The molecular weight excluding hydrogens is 408 g/mol. The minimum absolute atomic E-state index is 0.0412. The van der Waals surface area contributed by atoms with E-state index in [4.69, 9.17) is 9.72 Å². The molecule has 5 rings (SSSR count). The number of fused-ring (bicyclic) bond motifs is 2. The first-order valence-electron chi connectivity index (χ1n) is 10.5. The van der Waals surface area contributed by atoms with Gasteiger partial charge < -0.3 is 15.0 Å². The molecule has 7 heteroatoms. The fraction of sp³-hybridized carbons (Fsp3) is 0.292. The maximum Gasteiger partial charge on any atom is 0.228 e. The van der Waals surface area contributed by atoms with Gasteiger partial charge in [-0.25, -0.2) is 4.98 Å². The summed E-state index contributed by atoms with van der Waals surface area (Å²) < 4.78 is 6.50. The second kappa shape index (κ2) is 8.24. The molecule has 4 aromatic rings. The van der Waals surface area contributed by atoms with Crippen molar-refractivity contribution in [1.82, 2.24) is 9.97 Å². The first-order valence-corrected chi connectivity index (χ1v) is 11.3. The van der Waals surface area contributed by atoms with Crippen LogP contribution >= 0.6 is 11.3 Å². The van der Waals surface area contributed by atoms with Gasteiger partial charge in [-0.05, 0) is 49.2 Å². The maximum absolute atomic E-state index is 12.8. The van der Waals surface area contributed by atoms with Crippen LogP contribution in [0.25, 0.3) is 21.1 Å². The van der Waals surface area contributed by atoms with Gasteiger partial charge in [-0.2, -0.15) is 0 Å². The average Bonchev–Trinajstić information content (AvgIpc) is 3.21. The minimum Gasteiger partial charge on any atom is -0.378 e. The van der Waals surface area contributed by atoms with Gasteiger partial charge in [0.25, 0.3) is 0 Å². The summed E-state index contributed by atoms with van der Waals surface area (Å²) in [5, 5.41) is 5.16. The van der Waals surface area contributed by atoms with Gasteiger partial charge in [0.05, 0.1) is 35.4 Å². The fourth-order valence-corrected chi connectivity index (χ4v) is 5.13. The number of ether oxygens (including phenoxy) is 1. The van der Waals surface area contributed by atoms with Gasteiger partial charge in [0, 0.05) is 29.9 Å². The third-order valence-electron chi connectivity index (χ3n) is 5.77. The van der Waals surface area contributed by atoms with Gasteiger partial charge in [0.2, 0.25) is 5.91 Å². The van der Waals surface area contributed by atoms with Crippen molar-refractivity contribution in [1.29, 1.82) is 0 Å². The normalized spacial score (nSPS) is 14.3. The highest BCUT2D eigenvalue weighted by molar-refractivity contribution is 7.22. The number of morpholine rings is 1. The molecule has 31 heavy (non-hydrogen) atoms. The largest absolute Gasteiger partial charge is 0.378 e. The number of benzene rings is 2. The molecule has 1 fully saturated rings. The summed E-state index contributed by atoms with van der Waals surface area (Å²) in [5.74, 6) is -0.0412.